The number of benzene rings is 1. The molecule has 39 heavy (non-hydrogen) atoms. The van der Waals surface area contributed by atoms with Gasteiger partial charge in [-0.05, 0) is 80.3 Å². The molecule has 0 spiro atoms. The van der Waals surface area contributed by atoms with Crippen molar-refractivity contribution in [3.8, 4) is 5.69 Å². The maximum Gasteiger partial charge on any atom is 0.201 e. The third kappa shape index (κ3) is 4.30. The minimum atomic E-state index is -2.64. The molecule has 0 N–H and O–H groups in total. The van der Waals surface area contributed by atoms with Gasteiger partial charge in [0.2, 0.25) is 5.78 Å². The monoisotopic (exact) mass is 563 g/mol. The van der Waals surface area contributed by atoms with Gasteiger partial charge in [-0.1, -0.05) is 12.5 Å². The number of allylic oxidation sites excluding steroid dienone is 1. The maximum atomic E-state index is 14.3. The van der Waals surface area contributed by atoms with Gasteiger partial charge in [-0.15, -0.1) is 11.3 Å². The molecule has 1 saturated carbocycles. The Morgan fingerprint density at radius 3 is 2.67 bits per heavy atom. The van der Waals surface area contributed by atoms with Gasteiger partial charge in [0.1, 0.15) is 5.82 Å². The molecular formula is C29H30FN5O2S2. The summed E-state index contributed by atoms with van der Waals surface area (Å²) in [4.78, 5) is 20.4. The molecule has 1 fully saturated rings. The van der Waals surface area contributed by atoms with Crippen LogP contribution in [-0.2, 0) is 23.0 Å². The predicted molar refractivity (Wildman–Crippen MR) is 152 cm³/mol. The highest BCUT2D eigenvalue weighted by molar-refractivity contribution is 8.00. The fourth-order valence-electron chi connectivity index (χ4n) is 6.10. The van der Waals surface area contributed by atoms with Gasteiger partial charge in [-0.3, -0.25) is 13.7 Å². The molecular weight excluding hydrogens is 533 g/mol. The number of hydrogen-bond donors (Lipinski definition) is 0. The molecule has 6 rings (SSSR count). The third-order valence-electron chi connectivity index (χ3n) is 8.37. The summed E-state index contributed by atoms with van der Waals surface area (Å²) in [5.41, 5.74) is 2.89. The van der Waals surface area contributed by atoms with Crippen molar-refractivity contribution in [3.63, 3.8) is 0 Å². The Balaban J connectivity index is 1.41. The van der Waals surface area contributed by atoms with Crippen molar-refractivity contribution in [2.75, 3.05) is 0 Å². The molecule has 7 nitrogen and oxygen atoms in total. The van der Waals surface area contributed by atoms with Gasteiger partial charge in [0.25, 0.3) is 0 Å². The van der Waals surface area contributed by atoms with Gasteiger partial charge in [-0.2, -0.15) is 10.2 Å². The van der Waals surface area contributed by atoms with Gasteiger partial charge >= 0.3 is 0 Å². The Kier molecular flexibility index (Phi) is 6.22. The lowest BCUT2D eigenvalue weighted by Gasteiger charge is -2.45. The second-order valence-electron chi connectivity index (χ2n) is 10.8. The van der Waals surface area contributed by atoms with Crippen LogP contribution in [0.15, 0.2) is 59.5 Å². The second kappa shape index (κ2) is 9.38. The van der Waals surface area contributed by atoms with Crippen molar-refractivity contribution in [3.05, 3.63) is 81.6 Å². The molecule has 0 amide bonds. The average molecular weight is 564 g/mol. The number of nitrogens with zero attached hydrogens (tertiary/aromatic N) is 5. The van der Waals surface area contributed by atoms with Crippen molar-refractivity contribution >= 4 is 38.6 Å². The number of carbonyl (C=O) groups is 1. The standard InChI is InChI=1S/C29H30FN5O2S2/c1-18-14-31-28(38-18)27(36)29-12-20(19(2)39(4,37)25-16-32-34(3)17-25)5-6-22(29)11-26-21(13-29)15-33-35(26)24-9-7-23(30)8-10-24/h7-11,14-17,19-20H,4-6,12-13H2,1-3H3/t19-,20-,29+,39?/m0/s1. The first kappa shape index (κ1) is 25.9. The first-order chi connectivity index (χ1) is 18.6. The maximum absolute atomic E-state index is 14.3. The minimum absolute atomic E-state index is 0.0147. The van der Waals surface area contributed by atoms with Crippen LogP contribution in [0.5, 0.6) is 0 Å². The molecule has 2 aliphatic carbocycles. The number of aromatic nitrogens is 5. The van der Waals surface area contributed by atoms with E-state index in [1.807, 2.05) is 18.5 Å². The number of thiazole rings is 1. The Bertz CT molecular complexity index is 1710. The summed E-state index contributed by atoms with van der Waals surface area (Å²) in [5, 5.41) is 9.09. The fraction of sp³-hybridized carbons (Fsp3) is 0.345. The lowest BCUT2D eigenvalue weighted by atomic mass is 9.59. The number of ketones is 1. The van der Waals surface area contributed by atoms with E-state index in [2.05, 4.69) is 27.1 Å². The van der Waals surface area contributed by atoms with Crippen LogP contribution < -0.4 is 0 Å². The van der Waals surface area contributed by atoms with Gasteiger partial charge < -0.3 is 0 Å². The number of aryl methyl sites for hydroxylation is 2. The van der Waals surface area contributed by atoms with Crippen molar-refractivity contribution in [1.82, 2.24) is 24.5 Å². The van der Waals surface area contributed by atoms with Crippen molar-refractivity contribution in [1.29, 1.82) is 0 Å². The summed E-state index contributed by atoms with van der Waals surface area (Å²) in [6.45, 7) is 3.94. The van der Waals surface area contributed by atoms with Gasteiger partial charge in [0.15, 0.2) is 5.01 Å². The molecule has 202 valence electrons. The predicted octanol–water partition coefficient (Wildman–Crippen LogP) is 5.28. The third-order valence-corrected chi connectivity index (χ3v) is 11.9. The summed E-state index contributed by atoms with van der Waals surface area (Å²) < 4.78 is 31.0. The Labute approximate surface area is 231 Å². The van der Waals surface area contributed by atoms with Crippen LogP contribution in [0.4, 0.5) is 4.39 Å². The summed E-state index contributed by atoms with van der Waals surface area (Å²) in [7, 11) is -0.836. The summed E-state index contributed by atoms with van der Waals surface area (Å²) >= 11 is 1.42. The molecule has 0 aliphatic heterocycles. The molecule has 4 atom stereocenters. The van der Waals surface area contributed by atoms with E-state index in [-0.39, 0.29) is 22.8 Å². The molecule has 0 saturated heterocycles. The number of fused-ring (bicyclic) bond motifs is 2. The SMILES string of the molecule is C=S(=O)(c1cnn(C)c1)[C@@H](C)[C@H]1CCC2=Cc3c(cnn3-c3ccc(F)cc3)C[C@]2(C(=O)c2ncc(C)s2)C1. The zero-order valence-corrected chi connectivity index (χ0v) is 23.8. The molecule has 3 heterocycles. The van der Waals surface area contributed by atoms with E-state index in [0.29, 0.717) is 29.2 Å². The van der Waals surface area contributed by atoms with E-state index in [1.54, 1.807) is 48.6 Å². The lowest BCUT2D eigenvalue weighted by molar-refractivity contribution is 0.0759. The molecule has 3 aromatic heterocycles. The van der Waals surface area contributed by atoms with Crippen LogP contribution in [0.2, 0.25) is 0 Å². The quantitative estimate of drug-likeness (QED) is 0.235. The summed E-state index contributed by atoms with van der Waals surface area (Å²) in [5.74, 6) is 3.90. The fourth-order valence-corrected chi connectivity index (χ4v) is 8.75. The van der Waals surface area contributed by atoms with Crippen LogP contribution >= 0.6 is 11.3 Å². The largest absolute Gasteiger partial charge is 0.290 e. The summed E-state index contributed by atoms with van der Waals surface area (Å²) in [6, 6.07) is 6.25. The van der Waals surface area contributed by atoms with Gasteiger partial charge in [0, 0.05) is 39.1 Å². The highest BCUT2D eigenvalue weighted by atomic mass is 32.2. The molecule has 1 aromatic carbocycles. The van der Waals surface area contributed by atoms with E-state index < -0.39 is 14.9 Å². The van der Waals surface area contributed by atoms with Gasteiger partial charge in [-0.25, -0.2) is 14.1 Å². The topological polar surface area (TPSA) is 82.7 Å². The van der Waals surface area contributed by atoms with Crippen LogP contribution in [0.25, 0.3) is 11.8 Å². The van der Waals surface area contributed by atoms with E-state index in [4.69, 9.17) is 0 Å². The highest BCUT2D eigenvalue weighted by Crippen LogP contribution is 2.53. The van der Waals surface area contributed by atoms with E-state index in [1.165, 1.54) is 23.5 Å². The zero-order valence-electron chi connectivity index (χ0n) is 22.1. The number of carbonyl (C=O) groups excluding carboxylic acids is 1. The van der Waals surface area contributed by atoms with Crippen LogP contribution in [0, 0.1) is 24.1 Å². The smallest absolute Gasteiger partial charge is 0.201 e. The van der Waals surface area contributed by atoms with Crippen molar-refractivity contribution in [2.24, 2.45) is 18.4 Å². The van der Waals surface area contributed by atoms with E-state index in [0.717, 1.165) is 33.8 Å². The minimum Gasteiger partial charge on any atom is -0.290 e. The zero-order chi connectivity index (χ0) is 27.5. The van der Waals surface area contributed by atoms with Crippen LogP contribution in [0.1, 0.15) is 52.1 Å². The second-order valence-corrected chi connectivity index (χ2v) is 14.7. The molecule has 2 aliphatic rings. The number of hydrogen-bond acceptors (Lipinski definition) is 6. The molecule has 4 aromatic rings. The normalized spacial score (nSPS) is 22.9. The Hall–Kier alpha value is -3.37. The molecule has 0 radical (unpaired) electrons. The van der Waals surface area contributed by atoms with E-state index in [9.17, 15) is 13.4 Å². The Morgan fingerprint density at radius 1 is 1.23 bits per heavy atom. The highest BCUT2D eigenvalue weighted by Gasteiger charge is 2.51. The number of rotatable bonds is 6. The van der Waals surface area contributed by atoms with E-state index >= 15 is 0 Å². The average Bonchev–Trinajstić information content (AvgIpc) is 3.66. The molecule has 10 heteroatoms. The summed E-state index contributed by atoms with van der Waals surface area (Å²) in [6.07, 6.45) is 11.6. The first-order valence-corrected chi connectivity index (χ1v) is 15.5. The van der Waals surface area contributed by atoms with Crippen molar-refractivity contribution < 1.29 is 13.4 Å². The van der Waals surface area contributed by atoms with Gasteiger partial charge in [0.05, 0.1) is 34.1 Å². The Morgan fingerprint density at radius 2 is 2.00 bits per heavy atom. The lowest BCUT2D eigenvalue weighted by Crippen LogP contribution is -2.45. The van der Waals surface area contributed by atoms with Crippen LogP contribution in [0.3, 0.4) is 0 Å². The number of halogens is 1. The van der Waals surface area contributed by atoms with Crippen LogP contribution in [-0.4, -0.2) is 45.7 Å². The number of Topliss-reactive ketones (excluding diaryl/α,β-unsaturated/α-hetero) is 1. The molecule has 0 bridgehead atoms. The first-order valence-electron chi connectivity index (χ1n) is 12.9. The van der Waals surface area contributed by atoms with Crippen molar-refractivity contribution in [2.45, 2.75) is 49.7 Å². The molecule has 1 unspecified atom stereocenters.